The average molecular weight is 385 g/mol. The molecule has 1 N–H and O–H groups in total. The topological polar surface area (TPSA) is 73.2 Å². The Morgan fingerprint density at radius 1 is 1.07 bits per heavy atom. The molecule has 0 saturated carbocycles. The molecular formula is C23H19N3O3. The van der Waals surface area contributed by atoms with E-state index in [2.05, 4.69) is 10.3 Å². The summed E-state index contributed by atoms with van der Waals surface area (Å²) in [4.78, 5) is 29.6. The first-order chi connectivity index (χ1) is 14.2. The van der Waals surface area contributed by atoms with Crippen molar-refractivity contribution in [1.29, 1.82) is 0 Å². The Morgan fingerprint density at radius 3 is 2.86 bits per heavy atom. The van der Waals surface area contributed by atoms with Crippen LogP contribution in [0.3, 0.4) is 0 Å². The number of fused-ring (bicyclic) bond motifs is 3. The fraction of sp³-hybridized carbons (Fsp3) is 0.174. The fourth-order valence-electron chi connectivity index (χ4n) is 3.82. The summed E-state index contributed by atoms with van der Waals surface area (Å²) in [6.07, 6.45) is 1.77. The summed E-state index contributed by atoms with van der Waals surface area (Å²) in [5, 5.41) is 5.44. The van der Waals surface area contributed by atoms with E-state index in [0.717, 1.165) is 35.1 Å². The molecular weight excluding hydrogens is 366 g/mol. The number of hydrogen-bond donors (Lipinski definition) is 1. The molecule has 2 heterocycles. The second-order valence-corrected chi connectivity index (χ2v) is 7.13. The molecule has 1 amide bonds. The second-order valence-electron chi connectivity index (χ2n) is 7.13. The number of aryl methyl sites for hydroxylation is 1. The lowest BCUT2D eigenvalue weighted by molar-refractivity contribution is -0.118. The molecule has 0 fully saturated rings. The van der Waals surface area contributed by atoms with E-state index in [0.29, 0.717) is 23.2 Å². The van der Waals surface area contributed by atoms with Gasteiger partial charge in [0.1, 0.15) is 11.6 Å². The van der Waals surface area contributed by atoms with Gasteiger partial charge in [-0.15, -0.1) is 0 Å². The van der Waals surface area contributed by atoms with E-state index in [1.807, 2.05) is 42.5 Å². The molecule has 3 aromatic carbocycles. The molecule has 0 bridgehead atoms. The number of benzene rings is 3. The number of nitrogens with one attached hydrogen (secondary N) is 1. The zero-order valence-corrected chi connectivity index (χ0v) is 15.7. The van der Waals surface area contributed by atoms with Crippen molar-refractivity contribution in [3.05, 3.63) is 76.8 Å². The first-order valence-electron chi connectivity index (χ1n) is 9.63. The van der Waals surface area contributed by atoms with E-state index in [-0.39, 0.29) is 18.1 Å². The Morgan fingerprint density at radius 2 is 1.93 bits per heavy atom. The van der Waals surface area contributed by atoms with Gasteiger partial charge in [0.25, 0.3) is 11.5 Å². The first-order valence-corrected chi connectivity index (χ1v) is 9.63. The largest absolute Gasteiger partial charge is 0.484 e. The molecule has 0 aliphatic carbocycles. The molecule has 1 aromatic heterocycles. The third-order valence-corrected chi connectivity index (χ3v) is 5.22. The number of amides is 1. The number of hydrogen-bond acceptors (Lipinski definition) is 4. The van der Waals surface area contributed by atoms with Gasteiger partial charge < -0.3 is 10.1 Å². The minimum absolute atomic E-state index is 0.0480. The van der Waals surface area contributed by atoms with Gasteiger partial charge in [-0.3, -0.25) is 14.2 Å². The standard InChI is InChI=1S/C23H19N3O3/c27-22(25-19-8-3-6-15-5-1-2-7-17(15)19)14-29-16-10-11-20-18(13-16)23(28)26-12-4-9-21(26)24-20/h1-3,5-8,10-11,13H,4,9,12,14H2,(H,25,27). The zero-order chi connectivity index (χ0) is 19.8. The van der Waals surface area contributed by atoms with E-state index in [1.54, 1.807) is 22.8 Å². The minimum atomic E-state index is -0.259. The summed E-state index contributed by atoms with van der Waals surface area (Å²) in [5.41, 5.74) is 1.36. The second kappa shape index (κ2) is 7.05. The SMILES string of the molecule is O=C(COc1ccc2nc3n(c(=O)c2c1)CCC3)Nc1cccc2ccccc12. The maximum atomic E-state index is 12.7. The van der Waals surface area contributed by atoms with Gasteiger partial charge in [0.15, 0.2) is 6.61 Å². The molecule has 4 aromatic rings. The van der Waals surface area contributed by atoms with Crippen LogP contribution in [0.2, 0.25) is 0 Å². The van der Waals surface area contributed by atoms with Crippen LogP contribution in [-0.4, -0.2) is 22.1 Å². The Balaban J connectivity index is 1.34. The van der Waals surface area contributed by atoms with Crippen molar-refractivity contribution in [3.8, 4) is 5.75 Å². The van der Waals surface area contributed by atoms with Crippen LogP contribution in [0.4, 0.5) is 5.69 Å². The van der Waals surface area contributed by atoms with Crippen molar-refractivity contribution in [3.63, 3.8) is 0 Å². The molecule has 6 heteroatoms. The van der Waals surface area contributed by atoms with Crippen molar-refractivity contribution in [2.75, 3.05) is 11.9 Å². The van der Waals surface area contributed by atoms with Gasteiger partial charge in [0.2, 0.25) is 0 Å². The molecule has 0 spiro atoms. The highest BCUT2D eigenvalue weighted by Gasteiger charge is 2.16. The Labute approximate surface area is 166 Å². The van der Waals surface area contributed by atoms with Crippen molar-refractivity contribution >= 4 is 33.3 Å². The number of rotatable bonds is 4. The van der Waals surface area contributed by atoms with E-state index < -0.39 is 0 Å². The number of nitrogens with zero attached hydrogens (tertiary/aromatic N) is 2. The van der Waals surface area contributed by atoms with Crippen LogP contribution in [-0.2, 0) is 17.8 Å². The molecule has 0 radical (unpaired) electrons. The Bertz CT molecular complexity index is 1300. The van der Waals surface area contributed by atoms with Gasteiger partial charge in [-0.25, -0.2) is 4.98 Å². The van der Waals surface area contributed by atoms with Gasteiger partial charge in [0, 0.05) is 24.0 Å². The Kier molecular flexibility index (Phi) is 4.24. The van der Waals surface area contributed by atoms with Gasteiger partial charge in [-0.05, 0) is 36.1 Å². The smallest absolute Gasteiger partial charge is 0.262 e. The molecule has 1 aliphatic rings. The molecule has 6 nitrogen and oxygen atoms in total. The van der Waals surface area contributed by atoms with E-state index in [9.17, 15) is 9.59 Å². The predicted molar refractivity (Wildman–Crippen MR) is 112 cm³/mol. The van der Waals surface area contributed by atoms with Crippen molar-refractivity contribution in [2.45, 2.75) is 19.4 Å². The molecule has 5 rings (SSSR count). The lowest BCUT2D eigenvalue weighted by atomic mass is 10.1. The van der Waals surface area contributed by atoms with Crippen molar-refractivity contribution < 1.29 is 9.53 Å². The van der Waals surface area contributed by atoms with E-state index in [4.69, 9.17) is 4.74 Å². The highest BCUT2D eigenvalue weighted by atomic mass is 16.5. The van der Waals surface area contributed by atoms with Crippen LogP contribution in [0.5, 0.6) is 5.75 Å². The Hall–Kier alpha value is -3.67. The number of anilines is 1. The van der Waals surface area contributed by atoms with E-state index in [1.165, 1.54) is 0 Å². The van der Waals surface area contributed by atoms with Gasteiger partial charge >= 0.3 is 0 Å². The summed E-state index contributed by atoms with van der Waals surface area (Å²) >= 11 is 0. The number of aromatic nitrogens is 2. The summed E-state index contributed by atoms with van der Waals surface area (Å²) < 4.78 is 7.37. The number of carbonyl (C=O) groups excluding carboxylic acids is 1. The molecule has 0 saturated heterocycles. The number of carbonyl (C=O) groups is 1. The van der Waals surface area contributed by atoms with Gasteiger partial charge in [-0.1, -0.05) is 36.4 Å². The van der Waals surface area contributed by atoms with Crippen LogP contribution in [0, 0.1) is 0 Å². The van der Waals surface area contributed by atoms with Gasteiger partial charge in [0.05, 0.1) is 10.9 Å². The lowest BCUT2D eigenvalue weighted by Gasteiger charge is -2.11. The molecule has 144 valence electrons. The summed E-state index contributed by atoms with van der Waals surface area (Å²) in [6, 6.07) is 18.8. The molecule has 1 aliphatic heterocycles. The highest BCUT2D eigenvalue weighted by molar-refractivity contribution is 6.02. The summed E-state index contributed by atoms with van der Waals surface area (Å²) in [5.74, 6) is 1.05. The number of ether oxygens (including phenoxy) is 1. The normalized spacial score (nSPS) is 12.8. The minimum Gasteiger partial charge on any atom is -0.484 e. The van der Waals surface area contributed by atoms with Crippen molar-refractivity contribution in [2.24, 2.45) is 0 Å². The highest BCUT2D eigenvalue weighted by Crippen LogP contribution is 2.23. The first kappa shape index (κ1) is 17.4. The van der Waals surface area contributed by atoms with Crippen LogP contribution >= 0.6 is 0 Å². The monoisotopic (exact) mass is 385 g/mol. The van der Waals surface area contributed by atoms with E-state index >= 15 is 0 Å². The third kappa shape index (κ3) is 3.23. The van der Waals surface area contributed by atoms with Gasteiger partial charge in [-0.2, -0.15) is 0 Å². The maximum absolute atomic E-state index is 12.7. The quantitative estimate of drug-likeness (QED) is 0.583. The van der Waals surface area contributed by atoms with Crippen LogP contribution in [0.25, 0.3) is 21.7 Å². The summed E-state index contributed by atoms with van der Waals surface area (Å²) in [7, 11) is 0. The van der Waals surface area contributed by atoms with Crippen LogP contribution in [0.1, 0.15) is 12.2 Å². The predicted octanol–water partition coefficient (Wildman–Crippen LogP) is 3.51. The lowest BCUT2D eigenvalue weighted by Crippen LogP contribution is -2.22. The van der Waals surface area contributed by atoms with Crippen LogP contribution in [0.15, 0.2) is 65.5 Å². The maximum Gasteiger partial charge on any atom is 0.262 e. The molecule has 0 atom stereocenters. The zero-order valence-electron chi connectivity index (χ0n) is 15.7. The molecule has 29 heavy (non-hydrogen) atoms. The van der Waals surface area contributed by atoms with Crippen LogP contribution < -0.4 is 15.6 Å². The average Bonchev–Trinajstić information content (AvgIpc) is 3.22. The third-order valence-electron chi connectivity index (χ3n) is 5.22. The summed E-state index contributed by atoms with van der Waals surface area (Å²) in [6.45, 7) is 0.560. The fourth-order valence-corrected chi connectivity index (χ4v) is 3.82. The molecule has 0 unspecified atom stereocenters. The van der Waals surface area contributed by atoms with Crippen molar-refractivity contribution in [1.82, 2.24) is 9.55 Å².